The lowest BCUT2D eigenvalue weighted by Crippen LogP contribution is -2.20. The number of methoxy groups -OCH3 is 3. The van der Waals surface area contributed by atoms with Crippen LogP contribution in [0.1, 0.15) is 5.56 Å². The summed E-state index contributed by atoms with van der Waals surface area (Å²) in [5.41, 5.74) is 1.62. The topological polar surface area (TPSA) is 66.0 Å². The van der Waals surface area contributed by atoms with Gasteiger partial charge in [-0.25, -0.2) is 0 Å². The maximum absolute atomic E-state index is 12.1. The van der Waals surface area contributed by atoms with Crippen LogP contribution in [0.3, 0.4) is 0 Å². The van der Waals surface area contributed by atoms with Crippen molar-refractivity contribution >= 4 is 11.6 Å². The quantitative estimate of drug-likeness (QED) is 0.845. The van der Waals surface area contributed by atoms with Gasteiger partial charge in [0.05, 0.1) is 27.0 Å². The zero-order valence-electron chi connectivity index (χ0n) is 14.2. The summed E-state index contributed by atoms with van der Waals surface area (Å²) in [7, 11) is 4.66. The summed E-state index contributed by atoms with van der Waals surface area (Å²) in [5, 5.41) is 2.78. The SMILES string of the molecule is COc1cc(OC)cc(OCC(=O)Nc2cc(C)ccc2OC)c1. The number of anilines is 1. The van der Waals surface area contributed by atoms with Crippen molar-refractivity contribution in [2.45, 2.75) is 6.92 Å². The maximum atomic E-state index is 12.1. The number of carbonyl (C=O) groups is 1. The summed E-state index contributed by atoms with van der Waals surface area (Å²) in [6.45, 7) is 1.79. The fourth-order valence-electron chi connectivity index (χ4n) is 2.12. The van der Waals surface area contributed by atoms with Gasteiger partial charge in [0.2, 0.25) is 0 Å². The second-order valence-electron chi connectivity index (χ2n) is 5.09. The summed E-state index contributed by atoms with van der Waals surface area (Å²) in [6.07, 6.45) is 0. The van der Waals surface area contributed by atoms with Gasteiger partial charge in [0.15, 0.2) is 6.61 Å². The van der Waals surface area contributed by atoms with E-state index >= 15 is 0 Å². The molecular weight excluding hydrogens is 310 g/mol. The number of nitrogens with one attached hydrogen (secondary N) is 1. The molecule has 0 aromatic heterocycles. The van der Waals surface area contributed by atoms with Gasteiger partial charge in [0, 0.05) is 18.2 Å². The summed E-state index contributed by atoms with van der Waals surface area (Å²) in [6, 6.07) is 10.6. The molecule has 24 heavy (non-hydrogen) atoms. The van der Waals surface area contributed by atoms with E-state index in [4.69, 9.17) is 18.9 Å². The molecule has 1 N–H and O–H groups in total. The number of amides is 1. The fraction of sp³-hybridized carbons (Fsp3) is 0.278. The Labute approximate surface area is 141 Å². The van der Waals surface area contributed by atoms with Crippen molar-refractivity contribution in [3.05, 3.63) is 42.0 Å². The molecule has 6 heteroatoms. The first-order chi connectivity index (χ1) is 11.5. The molecule has 0 radical (unpaired) electrons. The lowest BCUT2D eigenvalue weighted by molar-refractivity contribution is -0.118. The Balaban J connectivity index is 2.02. The van der Waals surface area contributed by atoms with Crippen LogP contribution in [0.4, 0.5) is 5.69 Å². The van der Waals surface area contributed by atoms with Crippen LogP contribution in [-0.4, -0.2) is 33.8 Å². The van der Waals surface area contributed by atoms with Crippen LogP contribution in [0.25, 0.3) is 0 Å². The van der Waals surface area contributed by atoms with Crippen LogP contribution in [0.5, 0.6) is 23.0 Å². The summed E-state index contributed by atoms with van der Waals surface area (Å²) < 4.78 is 21.1. The standard InChI is InChI=1S/C18H21NO5/c1-12-5-6-17(23-4)16(7-12)19-18(20)11-24-15-9-13(21-2)8-14(10-15)22-3/h5-10H,11H2,1-4H3,(H,19,20). The average molecular weight is 331 g/mol. The molecule has 0 spiro atoms. The highest BCUT2D eigenvalue weighted by atomic mass is 16.5. The zero-order valence-corrected chi connectivity index (χ0v) is 14.2. The van der Waals surface area contributed by atoms with Gasteiger partial charge in [0.1, 0.15) is 23.0 Å². The lowest BCUT2D eigenvalue weighted by Gasteiger charge is -2.12. The fourth-order valence-corrected chi connectivity index (χ4v) is 2.12. The molecule has 0 unspecified atom stereocenters. The van der Waals surface area contributed by atoms with E-state index in [2.05, 4.69) is 5.32 Å². The van der Waals surface area contributed by atoms with Crippen LogP contribution in [0.15, 0.2) is 36.4 Å². The Morgan fingerprint density at radius 3 is 2.12 bits per heavy atom. The van der Waals surface area contributed by atoms with Crippen molar-refractivity contribution in [2.24, 2.45) is 0 Å². The number of hydrogen-bond donors (Lipinski definition) is 1. The molecule has 0 aliphatic heterocycles. The molecule has 0 aliphatic rings. The van der Waals surface area contributed by atoms with Gasteiger partial charge in [-0.1, -0.05) is 6.07 Å². The van der Waals surface area contributed by atoms with Crippen molar-refractivity contribution in [2.75, 3.05) is 33.3 Å². The molecule has 6 nitrogen and oxygen atoms in total. The smallest absolute Gasteiger partial charge is 0.262 e. The first-order valence-electron chi connectivity index (χ1n) is 7.36. The highest BCUT2D eigenvalue weighted by molar-refractivity contribution is 5.93. The summed E-state index contributed by atoms with van der Waals surface area (Å²) in [4.78, 5) is 12.1. The Hall–Kier alpha value is -2.89. The van der Waals surface area contributed by atoms with Gasteiger partial charge in [-0.05, 0) is 24.6 Å². The van der Waals surface area contributed by atoms with Crippen LogP contribution >= 0.6 is 0 Å². The van der Waals surface area contributed by atoms with Gasteiger partial charge in [-0.3, -0.25) is 4.79 Å². The first-order valence-corrected chi connectivity index (χ1v) is 7.36. The molecule has 2 aromatic rings. The molecule has 0 saturated carbocycles. The molecule has 0 bridgehead atoms. The minimum absolute atomic E-state index is 0.145. The monoisotopic (exact) mass is 331 g/mol. The molecule has 0 aliphatic carbocycles. The van der Waals surface area contributed by atoms with Crippen molar-refractivity contribution in [3.8, 4) is 23.0 Å². The Morgan fingerprint density at radius 1 is 0.917 bits per heavy atom. The van der Waals surface area contributed by atoms with Crippen molar-refractivity contribution in [1.82, 2.24) is 0 Å². The predicted molar refractivity (Wildman–Crippen MR) is 91.4 cm³/mol. The van der Waals surface area contributed by atoms with Crippen LogP contribution in [-0.2, 0) is 4.79 Å². The average Bonchev–Trinajstić information content (AvgIpc) is 2.59. The van der Waals surface area contributed by atoms with Gasteiger partial charge in [-0.2, -0.15) is 0 Å². The van der Waals surface area contributed by atoms with Gasteiger partial charge < -0.3 is 24.3 Å². The predicted octanol–water partition coefficient (Wildman–Crippen LogP) is 3.04. The number of hydrogen-bond acceptors (Lipinski definition) is 5. The molecule has 0 saturated heterocycles. The number of carbonyl (C=O) groups excluding carboxylic acids is 1. The van der Waals surface area contributed by atoms with Crippen molar-refractivity contribution in [1.29, 1.82) is 0 Å². The third-order valence-corrected chi connectivity index (χ3v) is 3.32. The van der Waals surface area contributed by atoms with E-state index < -0.39 is 0 Å². The molecular formula is C18H21NO5. The second kappa shape index (κ2) is 8.10. The number of rotatable bonds is 7. The number of ether oxygens (including phenoxy) is 4. The maximum Gasteiger partial charge on any atom is 0.262 e. The van der Waals surface area contributed by atoms with E-state index in [9.17, 15) is 4.79 Å². The highest BCUT2D eigenvalue weighted by Gasteiger charge is 2.10. The number of aryl methyl sites for hydroxylation is 1. The third-order valence-electron chi connectivity index (χ3n) is 3.32. The van der Waals surface area contributed by atoms with E-state index in [1.54, 1.807) is 45.6 Å². The van der Waals surface area contributed by atoms with Crippen LogP contribution < -0.4 is 24.3 Å². The van der Waals surface area contributed by atoms with E-state index in [-0.39, 0.29) is 12.5 Å². The largest absolute Gasteiger partial charge is 0.496 e. The Kier molecular flexibility index (Phi) is 5.89. The molecule has 128 valence electrons. The second-order valence-corrected chi connectivity index (χ2v) is 5.09. The van der Waals surface area contributed by atoms with Crippen LogP contribution in [0.2, 0.25) is 0 Å². The van der Waals surface area contributed by atoms with E-state index in [1.165, 1.54) is 0 Å². The van der Waals surface area contributed by atoms with Gasteiger partial charge in [-0.15, -0.1) is 0 Å². The van der Waals surface area contributed by atoms with E-state index in [0.717, 1.165) is 5.56 Å². The van der Waals surface area contributed by atoms with Crippen molar-refractivity contribution < 1.29 is 23.7 Å². The summed E-state index contributed by atoms with van der Waals surface area (Å²) in [5.74, 6) is 1.96. The summed E-state index contributed by atoms with van der Waals surface area (Å²) >= 11 is 0. The van der Waals surface area contributed by atoms with Crippen LogP contribution in [0, 0.1) is 6.92 Å². The van der Waals surface area contributed by atoms with Gasteiger partial charge >= 0.3 is 0 Å². The molecule has 0 fully saturated rings. The third kappa shape index (κ3) is 4.55. The van der Waals surface area contributed by atoms with Crippen molar-refractivity contribution in [3.63, 3.8) is 0 Å². The minimum Gasteiger partial charge on any atom is -0.496 e. The first kappa shape index (κ1) is 17.5. The zero-order chi connectivity index (χ0) is 17.5. The molecule has 2 aromatic carbocycles. The van der Waals surface area contributed by atoms with E-state index in [0.29, 0.717) is 28.7 Å². The van der Waals surface area contributed by atoms with E-state index in [1.807, 2.05) is 19.1 Å². The van der Waals surface area contributed by atoms with Gasteiger partial charge in [0.25, 0.3) is 5.91 Å². The Bertz CT molecular complexity index is 692. The minimum atomic E-state index is -0.291. The highest BCUT2D eigenvalue weighted by Crippen LogP contribution is 2.28. The molecule has 0 heterocycles. The Morgan fingerprint density at radius 2 is 1.54 bits per heavy atom. The molecule has 0 atom stereocenters. The lowest BCUT2D eigenvalue weighted by atomic mass is 10.2. The number of benzene rings is 2. The molecule has 1 amide bonds. The molecule has 2 rings (SSSR count). The normalized spacial score (nSPS) is 10.0.